The quantitative estimate of drug-likeness (QED) is 0.663. The van der Waals surface area contributed by atoms with E-state index < -0.39 is 0 Å². The summed E-state index contributed by atoms with van der Waals surface area (Å²) in [7, 11) is 0. The van der Waals surface area contributed by atoms with Crippen LogP contribution in [0.25, 0.3) is 10.9 Å². The van der Waals surface area contributed by atoms with Crippen LogP contribution in [0.1, 0.15) is 13.8 Å². The Morgan fingerprint density at radius 3 is 2.93 bits per heavy atom. The first-order chi connectivity index (χ1) is 13.5. The molecule has 0 radical (unpaired) electrons. The Hall–Kier alpha value is -3.09. The van der Waals surface area contributed by atoms with Crippen LogP contribution in [-0.2, 0) is 4.79 Å². The number of hydrogen-bond donors (Lipinski definition) is 2. The number of carbonyl (C=O) groups is 1. The third-order valence-corrected chi connectivity index (χ3v) is 4.98. The van der Waals surface area contributed by atoms with E-state index in [9.17, 15) is 9.18 Å². The zero-order valence-corrected chi connectivity index (χ0v) is 16.0. The summed E-state index contributed by atoms with van der Waals surface area (Å²) < 4.78 is 13.5. The Labute approximate surface area is 163 Å². The van der Waals surface area contributed by atoms with E-state index in [-0.39, 0.29) is 17.9 Å². The summed E-state index contributed by atoms with van der Waals surface area (Å²) in [6, 6.07) is 10.4. The molecule has 0 saturated carbocycles. The third kappa shape index (κ3) is 3.52. The van der Waals surface area contributed by atoms with E-state index in [1.54, 1.807) is 12.3 Å². The molecule has 0 amide bonds. The van der Waals surface area contributed by atoms with E-state index in [2.05, 4.69) is 34.0 Å². The van der Waals surface area contributed by atoms with Gasteiger partial charge in [-0.05, 0) is 50.2 Å². The lowest BCUT2D eigenvalue weighted by Gasteiger charge is -2.40. The lowest BCUT2D eigenvalue weighted by molar-refractivity contribution is -0.109. The molecule has 0 aliphatic carbocycles. The van der Waals surface area contributed by atoms with Crippen molar-refractivity contribution in [2.24, 2.45) is 0 Å². The van der Waals surface area contributed by atoms with Crippen LogP contribution < -0.4 is 15.1 Å². The smallest absolute Gasteiger partial charge is 0.152 e. The van der Waals surface area contributed by atoms with E-state index in [1.165, 1.54) is 12.1 Å². The van der Waals surface area contributed by atoms with E-state index in [1.807, 2.05) is 23.1 Å². The topological polar surface area (TPSA) is 64.3 Å². The van der Waals surface area contributed by atoms with Gasteiger partial charge in [0.15, 0.2) is 5.82 Å². The number of aromatic nitrogens is 2. The summed E-state index contributed by atoms with van der Waals surface area (Å²) in [6.07, 6.45) is 2.74. The van der Waals surface area contributed by atoms with Crippen LogP contribution in [0.4, 0.5) is 21.7 Å². The molecular formula is C21H24FN5O. The zero-order valence-electron chi connectivity index (χ0n) is 16.0. The average molecular weight is 381 g/mol. The fourth-order valence-corrected chi connectivity index (χ4v) is 3.73. The van der Waals surface area contributed by atoms with Gasteiger partial charge in [0.2, 0.25) is 0 Å². The molecule has 1 atom stereocenters. The van der Waals surface area contributed by atoms with Crippen LogP contribution in [-0.4, -0.2) is 48.0 Å². The zero-order chi connectivity index (χ0) is 19.7. The molecule has 1 saturated heterocycles. The van der Waals surface area contributed by atoms with Crippen molar-refractivity contribution in [1.82, 2.24) is 9.97 Å². The summed E-state index contributed by atoms with van der Waals surface area (Å²) in [4.78, 5) is 23.9. The van der Waals surface area contributed by atoms with Crippen molar-refractivity contribution in [3.05, 3.63) is 48.4 Å². The Morgan fingerprint density at radius 1 is 1.29 bits per heavy atom. The highest BCUT2D eigenvalue weighted by molar-refractivity contribution is 5.85. The number of pyridine rings is 1. The lowest BCUT2D eigenvalue weighted by Crippen LogP contribution is -2.54. The van der Waals surface area contributed by atoms with Gasteiger partial charge in [-0.2, -0.15) is 0 Å². The monoisotopic (exact) mass is 381 g/mol. The molecule has 4 rings (SSSR count). The van der Waals surface area contributed by atoms with Crippen LogP contribution in [0.5, 0.6) is 0 Å². The molecule has 1 unspecified atom stereocenters. The second-order valence-electron chi connectivity index (χ2n) is 7.40. The largest absolute Gasteiger partial charge is 0.380 e. The van der Waals surface area contributed by atoms with E-state index in [4.69, 9.17) is 0 Å². The molecule has 6 nitrogen and oxygen atoms in total. The first-order valence-corrected chi connectivity index (χ1v) is 9.52. The van der Waals surface area contributed by atoms with Crippen molar-refractivity contribution in [3.8, 4) is 0 Å². The van der Waals surface area contributed by atoms with Crippen molar-refractivity contribution in [1.29, 1.82) is 0 Å². The highest BCUT2D eigenvalue weighted by Crippen LogP contribution is 2.29. The molecule has 0 spiro atoms. The Bertz CT molecular complexity index is 986. The third-order valence-electron chi connectivity index (χ3n) is 4.98. The van der Waals surface area contributed by atoms with Crippen LogP contribution in [0.2, 0.25) is 0 Å². The summed E-state index contributed by atoms with van der Waals surface area (Å²) in [5.74, 6) is 1.43. The number of benzene rings is 1. The molecule has 28 heavy (non-hydrogen) atoms. The van der Waals surface area contributed by atoms with Crippen LogP contribution in [0.15, 0.2) is 42.6 Å². The number of aromatic amines is 1. The Morgan fingerprint density at radius 2 is 2.14 bits per heavy atom. The number of hydrogen-bond acceptors (Lipinski definition) is 5. The van der Waals surface area contributed by atoms with Gasteiger partial charge >= 0.3 is 0 Å². The van der Waals surface area contributed by atoms with Crippen molar-refractivity contribution < 1.29 is 9.18 Å². The van der Waals surface area contributed by atoms with Crippen molar-refractivity contribution in [2.45, 2.75) is 25.9 Å². The number of H-pyrrole nitrogens is 1. The SMILES string of the molecule is CC(C)Nc1cccnc1N1CCN(c2cc3cc(F)ccc3[nH]2)C(C=O)C1. The summed E-state index contributed by atoms with van der Waals surface area (Å²) in [5, 5.41) is 4.22. The molecule has 2 N–H and O–H groups in total. The minimum absolute atomic E-state index is 0.268. The average Bonchev–Trinajstić information content (AvgIpc) is 3.10. The van der Waals surface area contributed by atoms with Crippen LogP contribution in [0, 0.1) is 5.82 Å². The normalized spacial score (nSPS) is 17.4. The second-order valence-corrected chi connectivity index (χ2v) is 7.40. The molecule has 7 heteroatoms. The van der Waals surface area contributed by atoms with Gasteiger partial charge in [0, 0.05) is 42.8 Å². The number of rotatable bonds is 5. The molecule has 3 heterocycles. The van der Waals surface area contributed by atoms with Gasteiger partial charge in [0.25, 0.3) is 0 Å². The van der Waals surface area contributed by atoms with Crippen LogP contribution in [0.3, 0.4) is 0 Å². The number of fused-ring (bicyclic) bond motifs is 1. The fourth-order valence-electron chi connectivity index (χ4n) is 3.73. The lowest BCUT2D eigenvalue weighted by atomic mass is 10.1. The summed E-state index contributed by atoms with van der Waals surface area (Å²) in [6.45, 7) is 6.11. The number of piperazine rings is 1. The standard InChI is InChI=1S/C21H24FN5O/c1-14(2)24-19-4-3-7-23-21(19)26-8-9-27(17(12-26)13-28)20-11-15-10-16(22)5-6-18(15)25-20/h3-7,10-11,13-14,17,24-25H,8-9,12H2,1-2H3. The predicted octanol–water partition coefficient (Wildman–Crippen LogP) is 3.42. The number of carbonyl (C=O) groups excluding carboxylic acids is 1. The number of aldehydes is 1. The molecule has 0 bridgehead atoms. The number of nitrogens with zero attached hydrogens (tertiary/aromatic N) is 3. The molecule has 2 aromatic heterocycles. The first kappa shape index (κ1) is 18.3. The minimum atomic E-state index is -0.319. The maximum atomic E-state index is 13.5. The van der Waals surface area contributed by atoms with E-state index in [0.29, 0.717) is 13.1 Å². The van der Waals surface area contributed by atoms with Gasteiger partial charge in [-0.1, -0.05) is 0 Å². The molecule has 1 aliphatic rings. The fraction of sp³-hybridized carbons (Fsp3) is 0.333. The number of nitrogens with one attached hydrogen (secondary N) is 2. The Kier molecular flexibility index (Phi) is 4.90. The van der Waals surface area contributed by atoms with Gasteiger partial charge in [-0.15, -0.1) is 0 Å². The van der Waals surface area contributed by atoms with Gasteiger partial charge < -0.3 is 24.9 Å². The highest BCUT2D eigenvalue weighted by Gasteiger charge is 2.29. The number of halogens is 1. The van der Waals surface area contributed by atoms with E-state index >= 15 is 0 Å². The first-order valence-electron chi connectivity index (χ1n) is 9.52. The van der Waals surface area contributed by atoms with Crippen molar-refractivity contribution >= 4 is 34.5 Å². The second kappa shape index (κ2) is 7.50. The molecular weight excluding hydrogens is 357 g/mol. The van der Waals surface area contributed by atoms with Crippen LogP contribution >= 0.6 is 0 Å². The number of anilines is 3. The molecule has 1 fully saturated rings. The molecule has 1 aromatic carbocycles. The minimum Gasteiger partial charge on any atom is -0.380 e. The van der Waals surface area contributed by atoms with Crippen molar-refractivity contribution in [3.63, 3.8) is 0 Å². The van der Waals surface area contributed by atoms with Gasteiger partial charge in [0.05, 0.1) is 5.69 Å². The Balaban J connectivity index is 1.58. The van der Waals surface area contributed by atoms with Gasteiger partial charge in [0.1, 0.15) is 24.0 Å². The summed E-state index contributed by atoms with van der Waals surface area (Å²) in [5.41, 5.74) is 1.83. The van der Waals surface area contributed by atoms with Gasteiger partial charge in [-0.25, -0.2) is 9.37 Å². The maximum absolute atomic E-state index is 13.5. The van der Waals surface area contributed by atoms with Gasteiger partial charge in [-0.3, -0.25) is 0 Å². The molecule has 3 aromatic rings. The maximum Gasteiger partial charge on any atom is 0.152 e. The molecule has 146 valence electrons. The predicted molar refractivity (Wildman–Crippen MR) is 111 cm³/mol. The highest BCUT2D eigenvalue weighted by atomic mass is 19.1. The molecule has 1 aliphatic heterocycles. The van der Waals surface area contributed by atoms with Crippen molar-refractivity contribution in [2.75, 3.05) is 34.8 Å². The summed E-state index contributed by atoms with van der Waals surface area (Å²) >= 11 is 0. The van der Waals surface area contributed by atoms with E-state index in [0.717, 1.165) is 41.1 Å².